The van der Waals surface area contributed by atoms with Gasteiger partial charge in [-0.1, -0.05) is 39.0 Å². The first-order chi connectivity index (χ1) is 13.6. The summed E-state index contributed by atoms with van der Waals surface area (Å²) in [6.45, 7) is 13.2. The fourth-order valence-electron chi connectivity index (χ4n) is 2.89. The summed E-state index contributed by atoms with van der Waals surface area (Å²) in [4.78, 5) is 0. The van der Waals surface area contributed by atoms with Gasteiger partial charge in [-0.3, -0.25) is 0 Å². The molecule has 0 aliphatic heterocycles. The Hall–Kier alpha value is -1.98. The third kappa shape index (κ3) is 4.31. The number of rotatable bonds is 5. The van der Waals surface area contributed by atoms with Crippen molar-refractivity contribution in [2.75, 3.05) is 7.11 Å². The molecule has 5 heteroatoms. The van der Waals surface area contributed by atoms with E-state index in [2.05, 4.69) is 68.0 Å². The Morgan fingerprint density at radius 2 is 1.76 bits per heavy atom. The molecule has 0 aliphatic rings. The van der Waals surface area contributed by atoms with Gasteiger partial charge in [0.25, 0.3) is 8.32 Å². The Morgan fingerprint density at radius 3 is 2.38 bits per heavy atom. The van der Waals surface area contributed by atoms with Crippen LogP contribution in [0.2, 0.25) is 18.1 Å². The Morgan fingerprint density at radius 1 is 1.03 bits per heavy atom. The summed E-state index contributed by atoms with van der Waals surface area (Å²) in [5, 5.41) is 1.17. The number of benzene rings is 2. The first kappa shape index (κ1) is 21.7. The molecule has 1 aromatic heterocycles. The third-order valence-electron chi connectivity index (χ3n) is 5.61. The van der Waals surface area contributed by atoms with Gasteiger partial charge in [-0.05, 0) is 76.9 Å². The second-order valence-electron chi connectivity index (χ2n) is 8.73. The summed E-state index contributed by atoms with van der Waals surface area (Å²) in [6.07, 6.45) is 4.11. The predicted octanol–water partition coefficient (Wildman–Crippen LogP) is 8.29. The van der Waals surface area contributed by atoms with Gasteiger partial charge in [0.2, 0.25) is 0 Å². The van der Waals surface area contributed by atoms with Crippen LogP contribution in [0.1, 0.15) is 33.3 Å². The van der Waals surface area contributed by atoms with Crippen LogP contribution in [0.15, 0.2) is 51.4 Å². The lowest BCUT2D eigenvalue weighted by molar-refractivity contribution is 0.386. The van der Waals surface area contributed by atoms with Crippen molar-refractivity contribution >= 4 is 41.3 Å². The van der Waals surface area contributed by atoms with E-state index in [4.69, 9.17) is 13.6 Å². The molecule has 0 saturated heterocycles. The smallest absolute Gasteiger partial charge is 0.250 e. The van der Waals surface area contributed by atoms with Gasteiger partial charge in [-0.25, -0.2) is 0 Å². The molecule has 0 radical (unpaired) electrons. The molecule has 0 unspecified atom stereocenters. The summed E-state index contributed by atoms with van der Waals surface area (Å²) < 4.78 is 19.2. The van der Waals surface area contributed by atoms with E-state index < -0.39 is 8.32 Å². The molecule has 0 saturated carbocycles. The molecule has 3 rings (SSSR count). The fraction of sp³-hybridized carbons (Fsp3) is 0.333. The van der Waals surface area contributed by atoms with E-state index in [1.54, 1.807) is 7.11 Å². The van der Waals surface area contributed by atoms with Gasteiger partial charge in [0, 0.05) is 10.9 Å². The zero-order valence-corrected chi connectivity index (χ0v) is 20.8. The normalized spacial score (nSPS) is 12.7. The summed E-state index contributed by atoms with van der Waals surface area (Å²) in [7, 11) is -0.286. The summed E-state index contributed by atoms with van der Waals surface area (Å²) in [5.41, 5.74) is 2.93. The van der Waals surface area contributed by atoms with E-state index in [0.717, 1.165) is 38.1 Å². The van der Waals surface area contributed by atoms with Crippen LogP contribution >= 0.6 is 15.9 Å². The number of hydrogen-bond donors (Lipinski definition) is 0. The molecule has 154 valence electrons. The van der Waals surface area contributed by atoms with Crippen molar-refractivity contribution in [1.82, 2.24) is 0 Å². The van der Waals surface area contributed by atoms with Gasteiger partial charge in [-0.2, -0.15) is 0 Å². The molecule has 2 aromatic carbocycles. The highest BCUT2D eigenvalue weighted by Crippen LogP contribution is 2.43. The molecule has 0 amide bonds. The molecule has 0 bridgehead atoms. The van der Waals surface area contributed by atoms with E-state index in [1.165, 1.54) is 0 Å². The minimum absolute atomic E-state index is 0.114. The Balaban J connectivity index is 2.03. The maximum Gasteiger partial charge on any atom is 0.250 e. The van der Waals surface area contributed by atoms with Gasteiger partial charge >= 0.3 is 0 Å². The maximum atomic E-state index is 6.47. The number of hydrogen-bond acceptors (Lipinski definition) is 3. The molecular formula is C24H29BrO3Si. The second kappa shape index (κ2) is 8.03. The Labute approximate surface area is 183 Å². The van der Waals surface area contributed by atoms with Crippen LogP contribution in [0, 0.1) is 0 Å². The molecule has 0 aliphatic carbocycles. The topological polar surface area (TPSA) is 31.6 Å². The first-order valence-electron chi connectivity index (χ1n) is 9.79. The van der Waals surface area contributed by atoms with Gasteiger partial charge in [0.15, 0.2) is 5.75 Å². The summed E-state index contributed by atoms with van der Waals surface area (Å²) in [6, 6.07) is 12.2. The van der Waals surface area contributed by atoms with Crippen LogP contribution in [0.5, 0.6) is 11.5 Å². The van der Waals surface area contributed by atoms with Crippen LogP contribution in [-0.2, 0) is 0 Å². The average molecular weight is 473 g/mol. The van der Waals surface area contributed by atoms with Crippen LogP contribution in [0.4, 0.5) is 0 Å². The van der Waals surface area contributed by atoms with E-state index in [0.29, 0.717) is 5.75 Å². The number of furan rings is 1. The molecule has 0 N–H and O–H groups in total. The molecular weight excluding hydrogens is 444 g/mol. The Kier molecular flexibility index (Phi) is 6.02. The average Bonchev–Trinajstić information content (AvgIpc) is 2.97. The SMILES string of the molecule is C/C=C/c1ccc2oc(-c3ccc(O[Si](C)(C)C(C)(C)C)c(OC)c3)c(Br)c2c1. The molecule has 3 aromatic rings. The summed E-state index contributed by atoms with van der Waals surface area (Å²) in [5.74, 6) is 2.29. The lowest BCUT2D eigenvalue weighted by Crippen LogP contribution is -2.43. The first-order valence-corrected chi connectivity index (χ1v) is 13.5. The lowest BCUT2D eigenvalue weighted by atomic mass is 10.1. The van der Waals surface area contributed by atoms with Gasteiger partial charge in [0.05, 0.1) is 11.6 Å². The van der Waals surface area contributed by atoms with Crippen LogP contribution in [-0.4, -0.2) is 15.4 Å². The van der Waals surface area contributed by atoms with Gasteiger partial charge in [-0.15, -0.1) is 0 Å². The standard InChI is InChI=1S/C24H29BrO3Si/c1-8-9-16-10-12-19-18(14-16)22(25)23(27-19)17-11-13-20(21(15-17)26-5)28-29(6,7)24(2,3)4/h8-15H,1-7H3/b9-8+. The molecule has 29 heavy (non-hydrogen) atoms. The number of allylic oxidation sites excluding steroid dienone is 1. The predicted molar refractivity (Wildman–Crippen MR) is 128 cm³/mol. The fourth-order valence-corrected chi connectivity index (χ4v) is 4.53. The van der Waals surface area contributed by atoms with Crippen LogP contribution in [0.25, 0.3) is 28.4 Å². The summed E-state index contributed by atoms with van der Waals surface area (Å²) >= 11 is 3.73. The number of fused-ring (bicyclic) bond motifs is 1. The third-order valence-corrected chi connectivity index (χ3v) is 10.7. The zero-order valence-electron chi connectivity index (χ0n) is 18.2. The van der Waals surface area contributed by atoms with Crippen molar-refractivity contribution in [1.29, 1.82) is 0 Å². The van der Waals surface area contributed by atoms with Crippen molar-refractivity contribution < 1.29 is 13.6 Å². The van der Waals surface area contributed by atoms with Crippen molar-refractivity contribution in [2.45, 2.75) is 45.8 Å². The van der Waals surface area contributed by atoms with Crippen molar-refractivity contribution in [3.05, 3.63) is 52.5 Å². The molecule has 0 fully saturated rings. The second-order valence-corrected chi connectivity index (χ2v) is 14.2. The highest BCUT2D eigenvalue weighted by molar-refractivity contribution is 9.10. The highest BCUT2D eigenvalue weighted by Gasteiger charge is 2.39. The number of ether oxygens (including phenoxy) is 1. The number of halogens is 1. The molecule has 1 heterocycles. The lowest BCUT2D eigenvalue weighted by Gasteiger charge is -2.36. The maximum absolute atomic E-state index is 6.47. The minimum Gasteiger partial charge on any atom is -0.541 e. The number of methoxy groups -OCH3 is 1. The van der Waals surface area contributed by atoms with Crippen molar-refractivity contribution in [3.63, 3.8) is 0 Å². The van der Waals surface area contributed by atoms with E-state index in [1.807, 2.05) is 37.3 Å². The largest absolute Gasteiger partial charge is 0.541 e. The van der Waals surface area contributed by atoms with Crippen molar-refractivity contribution in [3.8, 4) is 22.8 Å². The Bertz CT molecular complexity index is 1060. The quantitative estimate of drug-likeness (QED) is 0.349. The van der Waals surface area contributed by atoms with Crippen LogP contribution in [0.3, 0.4) is 0 Å². The molecule has 3 nitrogen and oxygen atoms in total. The highest BCUT2D eigenvalue weighted by atomic mass is 79.9. The monoisotopic (exact) mass is 472 g/mol. The van der Waals surface area contributed by atoms with E-state index >= 15 is 0 Å². The van der Waals surface area contributed by atoms with E-state index in [9.17, 15) is 0 Å². The zero-order chi connectivity index (χ0) is 21.4. The molecule has 0 spiro atoms. The molecule has 0 atom stereocenters. The van der Waals surface area contributed by atoms with Gasteiger partial charge < -0.3 is 13.6 Å². The van der Waals surface area contributed by atoms with Gasteiger partial charge in [0.1, 0.15) is 17.1 Å². The van der Waals surface area contributed by atoms with Crippen molar-refractivity contribution in [2.24, 2.45) is 0 Å². The van der Waals surface area contributed by atoms with Crippen LogP contribution < -0.4 is 9.16 Å². The van der Waals surface area contributed by atoms with E-state index in [-0.39, 0.29) is 5.04 Å². The minimum atomic E-state index is -1.96.